The smallest absolute Gasteiger partial charge is 0.146 e. The molecule has 4 nitrogen and oxygen atoms in total. The number of hydrogen-bond donors (Lipinski definition) is 1. The van der Waals surface area contributed by atoms with Crippen molar-refractivity contribution in [3.8, 4) is 11.5 Å². The molecule has 0 saturated heterocycles. The van der Waals surface area contributed by atoms with Crippen molar-refractivity contribution in [3.63, 3.8) is 0 Å². The van der Waals surface area contributed by atoms with Gasteiger partial charge in [-0.15, -0.1) is 0 Å². The molecule has 0 saturated carbocycles. The SMILES string of the molecule is COc1ccc(P(=O)(CC(C)(O)c2ccccc2)c2ccc(OC)cc2)cc1. The molecule has 0 aliphatic carbocycles. The largest absolute Gasteiger partial charge is 0.497 e. The molecule has 0 aromatic heterocycles. The summed E-state index contributed by atoms with van der Waals surface area (Å²) in [5, 5.41) is 12.6. The molecular weight excluding hydrogens is 371 g/mol. The molecule has 146 valence electrons. The van der Waals surface area contributed by atoms with Crippen LogP contribution in [0.15, 0.2) is 78.9 Å². The Morgan fingerprint density at radius 2 is 1.21 bits per heavy atom. The average molecular weight is 396 g/mol. The molecule has 0 aliphatic heterocycles. The Labute approximate surface area is 166 Å². The van der Waals surface area contributed by atoms with Crippen molar-refractivity contribution in [3.05, 3.63) is 84.4 Å². The summed E-state index contributed by atoms with van der Waals surface area (Å²) in [6.45, 7) is 1.71. The molecule has 1 atom stereocenters. The number of benzene rings is 3. The van der Waals surface area contributed by atoms with Gasteiger partial charge >= 0.3 is 0 Å². The monoisotopic (exact) mass is 396 g/mol. The van der Waals surface area contributed by atoms with Crippen LogP contribution in [0.4, 0.5) is 0 Å². The van der Waals surface area contributed by atoms with Crippen molar-refractivity contribution in [2.45, 2.75) is 12.5 Å². The first-order valence-corrected chi connectivity index (χ1v) is 10.9. The summed E-state index contributed by atoms with van der Waals surface area (Å²) >= 11 is 0. The minimum absolute atomic E-state index is 0.0860. The van der Waals surface area contributed by atoms with Crippen LogP contribution in [-0.4, -0.2) is 25.5 Å². The highest BCUT2D eigenvalue weighted by molar-refractivity contribution is 7.78. The minimum atomic E-state index is -3.13. The number of rotatable bonds is 7. The quantitative estimate of drug-likeness (QED) is 0.615. The van der Waals surface area contributed by atoms with Crippen LogP contribution in [-0.2, 0) is 10.2 Å². The Hall–Kier alpha value is -2.55. The maximum absolute atomic E-state index is 14.4. The molecule has 0 spiro atoms. The van der Waals surface area contributed by atoms with Crippen molar-refractivity contribution < 1.29 is 19.1 Å². The van der Waals surface area contributed by atoms with Crippen molar-refractivity contribution in [1.82, 2.24) is 0 Å². The third-order valence-electron chi connectivity index (χ3n) is 4.91. The molecule has 28 heavy (non-hydrogen) atoms. The summed E-state index contributed by atoms with van der Waals surface area (Å²) in [5.74, 6) is 1.39. The fourth-order valence-electron chi connectivity index (χ4n) is 3.30. The molecule has 3 rings (SSSR count). The summed E-state index contributed by atoms with van der Waals surface area (Å²) in [7, 11) is 0.0582. The molecule has 0 fully saturated rings. The van der Waals surface area contributed by atoms with Gasteiger partial charge in [0.15, 0.2) is 0 Å². The minimum Gasteiger partial charge on any atom is -0.497 e. The Bertz CT molecular complexity index is 897. The van der Waals surface area contributed by atoms with Gasteiger partial charge in [-0.3, -0.25) is 0 Å². The van der Waals surface area contributed by atoms with E-state index in [2.05, 4.69) is 0 Å². The van der Waals surface area contributed by atoms with Gasteiger partial charge in [0.25, 0.3) is 0 Å². The van der Waals surface area contributed by atoms with Crippen LogP contribution in [0.2, 0.25) is 0 Å². The van der Waals surface area contributed by atoms with Gasteiger partial charge in [-0.2, -0.15) is 0 Å². The summed E-state index contributed by atoms with van der Waals surface area (Å²) < 4.78 is 24.8. The Morgan fingerprint density at radius 3 is 1.61 bits per heavy atom. The zero-order chi connectivity index (χ0) is 20.2. The second-order valence-electron chi connectivity index (χ2n) is 6.93. The van der Waals surface area contributed by atoms with Crippen molar-refractivity contribution >= 4 is 17.8 Å². The van der Waals surface area contributed by atoms with E-state index in [9.17, 15) is 9.67 Å². The normalized spacial score (nSPS) is 13.6. The number of ether oxygens (including phenoxy) is 2. The lowest BCUT2D eigenvalue weighted by Crippen LogP contribution is -2.32. The zero-order valence-corrected chi connectivity index (χ0v) is 17.2. The van der Waals surface area contributed by atoms with Crippen LogP contribution < -0.4 is 20.1 Å². The van der Waals surface area contributed by atoms with E-state index in [-0.39, 0.29) is 6.16 Å². The summed E-state index contributed by atoms with van der Waals surface area (Å²) in [5.41, 5.74) is -0.520. The highest BCUT2D eigenvalue weighted by atomic mass is 31.2. The van der Waals surface area contributed by atoms with Crippen LogP contribution in [0.5, 0.6) is 11.5 Å². The molecule has 0 aliphatic rings. The maximum atomic E-state index is 14.4. The lowest BCUT2D eigenvalue weighted by molar-refractivity contribution is 0.0820. The summed E-state index contributed by atoms with van der Waals surface area (Å²) in [4.78, 5) is 0. The topological polar surface area (TPSA) is 55.8 Å². The molecule has 0 bridgehead atoms. The van der Waals surface area contributed by atoms with E-state index in [1.807, 2.05) is 54.6 Å². The van der Waals surface area contributed by atoms with Crippen LogP contribution in [0.25, 0.3) is 0 Å². The number of aliphatic hydroxyl groups is 1. The molecule has 0 heterocycles. The summed E-state index contributed by atoms with van der Waals surface area (Å²) in [6, 6.07) is 23.8. The second-order valence-corrected chi connectivity index (χ2v) is 9.76. The predicted octanol–water partition coefficient (Wildman–Crippen LogP) is 3.93. The van der Waals surface area contributed by atoms with E-state index in [1.165, 1.54) is 0 Å². The first kappa shape index (κ1) is 20.2. The van der Waals surface area contributed by atoms with Gasteiger partial charge in [-0.25, -0.2) is 0 Å². The van der Waals surface area contributed by atoms with Gasteiger partial charge in [0.1, 0.15) is 18.6 Å². The lowest BCUT2D eigenvalue weighted by Gasteiger charge is -2.30. The maximum Gasteiger partial charge on any atom is 0.146 e. The number of hydrogen-bond acceptors (Lipinski definition) is 4. The molecule has 3 aromatic rings. The van der Waals surface area contributed by atoms with E-state index >= 15 is 0 Å². The molecule has 1 N–H and O–H groups in total. The standard InChI is InChI=1S/C23H25O4P/c1-23(24,18-7-5-4-6-8-18)17-28(25,21-13-9-19(26-2)10-14-21)22-15-11-20(27-3)12-16-22/h4-16,24H,17H2,1-3H3. The second kappa shape index (κ2) is 8.22. The molecule has 0 radical (unpaired) electrons. The fourth-order valence-corrected chi connectivity index (χ4v) is 6.27. The molecule has 1 unspecified atom stereocenters. The van der Waals surface area contributed by atoms with E-state index < -0.39 is 12.7 Å². The fraction of sp³-hybridized carbons (Fsp3) is 0.217. The van der Waals surface area contributed by atoms with Gasteiger partial charge in [-0.1, -0.05) is 30.3 Å². The van der Waals surface area contributed by atoms with Gasteiger partial charge in [-0.05, 0) is 61.0 Å². The van der Waals surface area contributed by atoms with E-state index in [0.717, 1.165) is 5.56 Å². The third kappa shape index (κ3) is 4.14. The lowest BCUT2D eigenvalue weighted by atomic mass is 9.99. The third-order valence-corrected chi connectivity index (χ3v) is 8.23. The van der Waals surface area contributed by atoms with Crippen LogP contribution in [0.3, 0.4) is 0 Å². The van der Waals surface area contributed by atoms with Gasteiger partial charge in [0, 0.05) is 16.8 Å². The van der Waals surface area contributed by atoms with Crippen molar-refractivity contribution in [2.75, 3.05) is 20.4 Å². The van der Waals surface area contributed by atoms with E-state index in [0.29, 0.717) is 22.1 Å². The zero-order valence-electron chi connectivity index (χ0n) is 16.3. The Kier molecular flexibility index (Phi) is 5.93. The van der Waals surface area contributed by atoms with E-state index in [1.54, 1.807) is 45.4 Å². The first-order valence-electron chi connectivity index (χ1n) is 9.05. The average Bonchev–Trinajstić information content (AvgIpc) is 2.74. The van der Waals surface area contributed by atoms with Crippen LogP contribution >= 0.6 is 7.14 Å². The molecule has 3 aromatic carbocycles. The number of methoxy groups -OCH3 is 2. The molecule has 5 heteroatoms. The summed E-state index contributed by atoms with van der Waals surface area (Å²) in [6.07, 6.45) is 0.0860. The highest BCUT2D eigenvalue weighted by Gasteiger charge is 2.37. The molecule has 0 amide bonds. The van der Waals surface area contributed by atoms with Crippen molar-refractivity contribution in [2.24, 2.45) is 0 Å². The van der Waals surface area contributed by atoms with E-state index in [4.69, 9.17) is 9.47 Å². The van der Waals surface area contributed by atoms with Gasteiger partial charge < -0.3 is 19.1 Å². The first-order chi connectivity index (χ1) is 13.4. The Balaban J connectivity index is 2.08. The van der Waals surface area contributed by atoms with Crippen LogP contribution in [0.1, 0.15) is 12.5 Å². The van der Waals surface area contributed by atoms with Gasteiger partial charge in [0.05, 0.1) is 19.8 Å². The van der Waals surface area contributed by atoms with Gasteiger partial charge in [0.2, 0.25) is 0 Å². The van der Waals surface area contributed by atoms with Crippen molar-refractivity contribution in [1.29, 1.82) is 0 Å². The van der Waals surface area contributed by atoms with Crippen LogP contribution in [0, 0.1) is 0 Å². The molecular formula is C23H25O4P. The predicted molar refractivity (Wildman–Crippen MR) is 114 cm³/mol. The highest BCUT2D eigenvalue weighted by Crippen LogP contribution is 2.48. The Morgan fingerprint density at radius 1 is 0.786 bits per heavy atom.